The van der Waals surface area contributed by atoms with Crippen LogP contribution in [0.25, 0.3) is 11.4 Å². The Morgan fingerprint density at radius 1 is 1.27 bits per heavy atom. The number of aromatic nitrogens is 4. The highest BCUT2D eigenvalue weighted by Crippen LogP contribution is 2.23. The van der Waals surface area contributed by atoms with Crippen molar-refractivity contribution in [2.45, 2.75) is 13.3 Å². The van der Waals surface area contributed by atoms with Crippen molar-refractivity contribution in [2.75, 3.05) is 5.73 Å². The van der Waals surface area contributed by atoms with Gasteiger partial charge in [0.05, 0.1) is 0 Å². The van der Waals surface area contributed by atoms with Gasteiger partial charge in [0.15, 0.2) is 0 Å². The molecule has 0 saturated heterocycles. The van der Waals surface area contributed by atoms with Crippen LogP contribution in [-0.2, 0) is 13.5 Å². The minimum Gasteiger partial charge on any atom is -0.369 e. The Labute approximate surface area is 127 Å². The molecule has 0 aliphatic rings. The molecular weight excluding hydrogens is 278 g/mol. The van der Waals surface area contributed by atoms with Crippen LogP contribution in [0.1, 0.15) is 16.7 Å². The molecule has 0 aliphatic heterocycles. The molecule has 3 aromatic rings. The molecule has 6 nitrogen and oxygen atoms in total. The molecule has 0 saturated carbocycles. The normalized spacial score (nSPS) is 10.8. The average Bonchev–Trinajstić information content (AvgIpc) is 2.81. The molecule has 2 aromatic heterocycles. The van der Waals surface area contributed by atoms with Crippen molar-refractivity contribution in [1.29, 1.82) is 0 Å². The van der Waals surface area contributed by atoms with Gasteiger partial charge in [0, 0.05) is 31.3 Å². The number of nitrogen functional groups attached to an aromatic ring is 1. The van der Waals surface area contributed by atoms with E-state index < -0.39 is 0 Å². The Bertz CT molecular complexity index is 878. The summed E-state index contributed by atoms with van der Waals surface area (Å²) in [5.74, 6) is 0.0926. The summed E-state index contributed by atoms with van der Waals surface area (Å²) in [4.78, 5) is 18.2. The lowest BCUT2D eigenvalue weighted by atomic mass is 10.0. The van der Waals surface area contributed by atoms with Gasteiger partial charge in [-0.1, -0.05) is 24.3 Å². The zero-order valence-electron chi connectivity index (χ0n) is 12.5. The molecule has 2 heterocycles. The first-order chi connectivity index (χ1) is 10.5. The molecule has 0 atom stereocenters. The van der Waals surface area contributed by atoms with Crippen LogP contribution in [0.4, 0.5) is 5.95 Å². The highest BCUT2D eigenvalue weighted by molar-refractivity contribution is 5.60. The maximum atomic E-state index is 11.6. The van der Waals surface area contributed by atoms with Gasteiger partial charge >= 0.3 is 0 Å². The monoisotopic (exact) mass is 295 g/mol. The van der Waals surface area contributed by atoms with Crippen LogP contribution in [0.2, 0.25) is 0 Å². The Hall–Kier alpha value is -2.89. The summed E-state index contributed by atoms with van der Waals surface area (Å²) in [7, 11) is 1.85. The molecule has 0 amide bonds. The lowest BCUT2D eigenvalue weighted by Crippen LogP contribution is -2.10. The molecule has 0 radical (unpaired) electrons. The second-order valence-electron chi connectivity index (χ2n) is 5.30. The number of anilines is 1. The van der Waals surface area contributed by atoms with E-state index in [1.54, 1.807) is 4.68 Å². The summed E-state index contributed by atoms with van der Waals surface area (Å²) >= 11 is 0. The van der Waals surface area contributed by atoms with E-state index in [4.69, 9.17) is 5.73 Å². The third-order valence-corrected chi connectivity index (χ3v) is 3.55. The summed E-state index contributed by atoms with van der Waals surface area (Å²) in [5.41, 5.74) is 9.97. The van der Waals surface area contributed by atoms with Gasteiger partial charge in [-0.25, -0.2) is 4.98 Å². The van der Waals surface area contributed by atoms with Crippen LogP contribution >= 0.6 is 0 Å². The second-order valence-corrected chi connectivity index (χ2v) is 5.30. The highest BCUT2D eigenvalue weighted by Gasteiger charge is 2.14. The standard InChI is InChI=1S/C16H17N5O/c1-10-5-3-4-6-11(10)7-12-9-21(2)20-15(12)13-8-14(22)19-16(17)18-13/h3-6,8-9H,7H2,1-2H3,(H3,17,18,19,22). The average molecular weight is 295 g/mol. The van der Waals surface area contributed by atoms with E-state index in [2.05, 4.69) is 34.1 Å². The fraction of sp³-hybridized carbons (Fsp3) is 0.188. The largest absolute Gasteiger partial charge is 0.369 e. The van der Waals surface area contributed by atoms with Crippen LogP contribution in [0.3, 0.4) is 0 Å². The first-order valence-corrected chi connectivity index (χ1v) is 6.97. The van der Waals surface area contributed by atoms with Crippen LogP contribution in [0.5, 0.6) is 0 Å². The van der Waals surface area contributed by atoms with Crippen molar-refractivity contribution in [3.63, 3.8) is 0 Å². The van der Waals surface area contributed by atoms with E-state index in [1.165, 1.54) is 17.2 Å². The van der Waals surface area contributed by atoms with Crippen molar-refractivity contribution in [3.8, 4) is 11.4 Å². The van der Waals surface area contributed by atoms with E-state index in [0.717, 1.165) is 12.0 Å². The predicted molar refractivity (Wildman–Crippen MR) is 85.5 cm³/mol. The molecule has 6 heteroatoms. The third kappa shape index (κ3) is 2.76. The maximum absolute atomic E-state index is 11.6. The van der Waals surface area contributed by atoms with E-state index in [9.17, 15) is 4.79 Å². The number of benzene rings is 1. The lowest BCUT2D eigenvalue weighted by Gasteiger charge is -2.05. The maximum Gasteiger partial charge on any atom is 0.252 e. The number of nitrogens with one attached hydrogen (secondary N) is 1. The summed E-state index contributed by atoms with van der Waals surface area (Å²) in [6, 6.07) is 9.62. The molecule has 0 unspecified atom stereocenters. The van der Waals surface area contributed by atoms with Crippen molar-refractivity contribution >= 4 is 5.95 Å². The van der Waals surface area contributed by atoms with Gasteiger partial charge in [-0.05, 0) is 18.1 Å². The summed E-state index contributed by atoms with van der Waals surface area (Å²) in [5, 5.41) is 4.43. The minimum absolute atomic E-state index is 0.0926. The van der Waals surface area contributed by atoms with Gasteiger partial charge in [0.2, 0.25) is 5.95 Å². The molecule has 112 valence electrons. The molecule has 1 aromatic carbocycles. The molecule has 0 fully saturated rings. The summed E-state index contributed by atoms with van der Waals surface area (Å²) in [6.45, 7) is 2.08. The van der Waals surface area contributed by atoms with Crippen molar-refractivity contribution in [3.05, 3.63) is 63.6 Å². The smallest absolute Gasteiger partial charge is 0.252 e. The number of H-pyrrole nitrogens is 1. The van der Waals surface area contributed by atoms with Gasteiger partial charge in [-0.2, -0.15) is 5.10 Å². The van der Waals surface area contributed by atoms with Gasteiger partial charge in [-0.15, -0.1) is 0 Å². The molecule has 3 rings (SSSR count). The Kier molecular flexibility index (Phi) is 3.50. The van der Waals surface area contributed by atoms with Crippen LogP contribution in [0, 0.1) is 6.92 Å². The van der Waals surface area contributed by atoms with E-state index in [1.807, 2.05) is 25.4 Å². The van der Waals surface area contributed by atoms with Crippen LogP contribution in [0.15, 0.2) is 41.3 Å². The minimum atomic E-state index is -0.282. The summed E-state index contributed by atoms with van der Waals surface area (Å²) in [6.07, 6.45) is 2.67. The Morgan fingerprint density at radius 2 is 2.05 bits per heavy atom. The third-order valence-electron chi connectivity index (χ3n) is 3.55. The van der Waals surface area contributed by atoms with Gasteiger partial charge < -0.3 is 5.73 Å². The quantitative estimate of drug-likeness (QED) is 0.769. The fourth-order valence-corrected chi connectivity index (χ4v) is 2.49. The van der Waals surface area contributed by atoms with Crippen molar-refractivity contribution < 1.29 is 0 Å². The lowest BCUT2D eigenvalue weighted by molar-refractivity contribution is 0.769. The fourth-order valence-electron chi connectivity index (χ4n) is 2.49. The molecule has 3 N–H and O–H groups in total. The van der Waals surface area contributed by atoms with Crippen LogP contribution in [-0.4, -0.2) is 19.7 Å². The first kappa shape index (κ1) is 14.1. The Morgan fingerprint density at radius 3 is 2.77 bits per heavy atom. The zero-order chi connectivity index (χ0) is 15.7. The van der Waals surface area contributed by atoms with E-state index in [-0.39, 0.29) is 11.5 Å². The number of hydrogen-bond donors (Lipinski definition) is 2. The molecule has 0 aliphatic carbocycles. The van der Waals surface area contributed by atoms with E-state index in [0.29, 0.717) is 11.4 Å². The van der Waals surface area contributed by atoms with Gasteiger partial charge in [-0.3, -0.25) is 14.5 Å². The number of rotatable bonds is 3. The predicted octanol–water partition coefficient (Wildman–Crippen LogP) is 1.65. The SMILES string of the molecule is Cc1ccccc1Cc1cn(C)nc1-c1cc(=O)[nH]c(N)n1. The van der Waals surface area contributed by atoms with Crippen molar-refractivity contribution in [2.24, 2.45) is 7.05 Å². The highest BCUT2D eigenvalue weighted by atomic mass is 16.1. The van der Waals surface area contributed by atoms with Gasteiger partial charge in [0.1, 0.15) is 11.4 Å². The van der Waals surface area contributed by atoms with Crippen molar-refractivity contribution in [1.82, 2.24) is 19.7 Å². The zero-order valence-corrected chi connectivity index (χ0v) is 12.5. The Balaban J connectivity index is 2.07. The molecule has 0 bridgehead atoms. The second kappa shape index (κ2) is 5.48. The van der Waals surface area contributed by atoms with Gasteiger partial charge in [0.25, 0.3) is 5.56 Å². The molecular formula is C16H17N5O. The number of aromatic amines is 1. The number of aryl methyl sites for hydroxylation is 2. The van der Waals surface area contributed by atoms with E-state index >= 15 is 0 Å². The first-order valence-electron chi connectivity index (χ1n) is 6.97. The summed E-state index contributed by atoms with van der Waals surface area (Å²) < 4.78 is 1.72. The number of hydrogen-bond acceptors (Lipinski definition) is 4. The van der Waals surface area contributed by atoms with Crippen LogP contribution < -0.4 is 11.3 Å². The molecule has 0 spiro atoms. The number of nitrogens with zero attached hydrogens (tertiary/aromatic N) is 3. The molecule has 22 heavy (non-hydrogen) atoms. The number of nitrogens with two attached hydrogens (primary N) is 1. The topological polar surface area (TPSA) is 89.6 Å².